The fourth-order valence-electron chi connectivity index (χ4n) is 4.31. The number of carbonyl (C=O) groups is 3. The highest BCUT2D eigenvalue weighted by molar-refractivity contribution is 6.16. The number of aliphatic hydroxyl groups excluding tert-OH is 1. The Labute approximate surface area is 216 Å². The van der Waals surface area contributed by atoms with Gasteiger partial charge in [0, 0.05) is 30.5 Å². The van der Waals surface area contributed by atoms with E-state index in [1.165, 1.54) is 37.8 Å². The summed E-state index contributed by atoms with van der Waals surface area (Å²) in [6.45, 7) is 10.3. The molecule has 0 bridgehead atoms. The predicted molar refractivity (Wildman–Crippen MR) is 144 cm³/mol. The summed E-state index contributed by atoms with van der Waals surface area (Å²) in [5, 5.41) is 10.7. The van der Waals surface area contributed by atoms with E-state index >= 15 is 0 Å². The second kappa shape index (κ2) is 16.1. The largest absolute Gasteiger partial charge is 0.512 e. The number of aliphatic hydroxyl groups is 1. The molecule has 0 aromatic heterocycles. The van der Waals surface area contributed by atoms with Crippen LogP contribution in [0, 0.1) is 5.92 Å². The third-order valence-corrected chi connectivity index (χ3v) is 6.51. The average molecular weight is 498 g/mol. The molecule has 6 nitrogen and oxygen atoms in total. The van der Waals surface area contributed by atoms with Gasteiger partial charge in [-0.15, -0.1) is 0 Å². The van der Waals surface area contributed by atoms with Gasteiger partial charge in [0.15, 0.2) is 17.3 Å². The third kappa shape index (κ3) is 9.38. The minimum absolute atomic E-state index is 0.0408. The molecule has 0 amide bonds. The van der Waals surface area contributed by atoms with Crippen molar-refractivity contribution < 1.29 is 24.2 Å². The maximum absolute atomic E-state index is 13.4. The van der Waals surface area contributed by atoms with Crippen LogP contribution in [-0.4, -0.2) is 53.6 Å². The summed E-state index contributed by atoms with van der Waals surface area (Å²) in [7, 11) is 0. The zero-order valence-corrected chi connectivity index (χ0v) is 22.3. The fourth-order valence-corrected chi connectivity index (χ4v) is 4.31. The maximum atomic E-state index is 13.4. The molecule has 0 aliphatic heterocycles. The molecule has 36 heavy (non-hydrogen) atoms. The first-order chi connectivity index (χ1) is 17.4. The number of carbonyl (C=O) groups excluding carboxylic acids is 3. The third-order valence-electron chi connectivity index (χ3n) is 6.51. The summed E-state index contributed by atoms with van der Waals surface area (Å²) in [5.74, 6) is -1.33. The highest BCUT2D eigenvalue weighted by atomic mass is 16.5. The van der Waals surface area contributed by atoms with Crippen LogP contribution in [0.3, 0.4) is 0 Å². The van der Waals surface area contributed by atoms with Crippen molar-refractivity contribution in [2.75, 3.05) is 26.2 Å². The molecule has 0 spiro atoms. The van der Waals surface area contributed by atoms with E-state index in [0.29, 0.717) is 30.8 Å². The van der Waals surface area contributed by atoms with Crippen molar-refractivity contribution in [3.05, 3.63) is 53.3 Å². The number of Topliss-reactive ketones (excluding diaryl/α,β-unsaturated/α-hetero) is 1. The number of hydrogen-bond acceptors (Lipinski definition) is 6. The fraction of sp³-hybridized carbons (Fsp3) is 0.567. The van der Waals surface area contributed by atoms with Crippen LogP contribution in [-0.2, 0) is 9.59 Å². The molecule has 1 aromatic rings. The van der Waals surface area contributed by atoms with Crippen molar-refractivity contribution in [2.24, 2.45) is 5.92 Å². The lowest BCUT2D eigenvalue weighted by molar-refractivity contribution is -0.123. The van der Waals surface area contributed by atoms with E-state index in [1.807, 2.05) is 6.92 Å². The van der Waals surface area contributed by atoms with E-state index in [2.05, 4.69) is 18.7 Å². The first kappa shape index (κ1) is 29.5. The monoisotopic (exact) mass is 497 g/mol. The minimum atomic E-state index is -0.939. The van der Waals surface area contributed by atoms with Gasteiger partial charge >= 0.3 is 0 Å². The van der Waals surface area contributed by atoms with Crippen molar-refractivity contribution in [1.82, 2.24) is 4.90 Å². The van der Waals surface area contributed by atoms with Gasteiger partial charge in [0.05, 0.1) is 12.5 Å². The van der Waals surface area contributed by atoms with Crippen LogP contribution in [0.4, 0.5) is 0 Å². The van der Waals surface area contributed by atoms with E-state index in [1.54, 1.807) is 24.3 Å². The average Bonchev–Trinajstić information content (AvgIpc) is 2.88. The zero-order valence-electron chi connectivity index (χ0n) is 22.3. The molecule has 1 aliphatic carbocycles. The van der Waals surface area contributed by atoms with E-state index in [0.717, 1.165) is 32.5 Å². The number of nitrogens with zero attached hydrogens (tertiary/aromatic N) is 1. The number of rotatable bonds is 17. The summed E-state index contributed by atoms with van der Waals surface area (Å²) >= 11 is 0. The predicted octanol–water partition coefficient (Wildman–Crippen LogP) is 6.26. The van der Waals surface area contributed by atoms with Crippen LogP contribution in [0.25, 0.3) is 0 Å². The molecule has 0 saturated heterocycles. The molecule has 6 heteroatoms. The number of unbranched alkanes of at least 4 members (excludes halogenated alkanes) is 3. The number of hydrogen-bond donors (Lipinski definition) is 1. The van der Waals surface area contributed by atoms with E-state index in [9.17, 15) is 19.5 Å². The van der Waals surface area contributed by atoms with E-state index < -0.39 is 11.7 Å². The Morgan fingerprint density at radius 1 is 0.917 bits per heavy atom. The Morgan fingerprint density at radius 2 is 1.53 bits per heavy atom. The molecule has 1 atom stereocenters. The van der Waals surface area contributed by atoms with Crippen LogP contribution < -0.4 is 4.74 Å². The van der Waals surface area contributed by atoms with Crippen molar-refractivity contribution in [3.8, 4) is 5.75 Å². The molecule has 1 aromatic carbocycles. The smallest absolute Gasteiger partial charge is 0.193 e. The van der Waals surface area contributed by atoms with Gasteiger partial charge in [-0.25, -0.2) is 0 Å². The normalized spacial score (nSPS) is 16.4. The van der Waals surface area contributed by atoms with Gasteiger partial charge in [0.1, 0.15) is 11.5 Å². The Morgan fingerprint density at radius 3 is 2.14 bits per heavy atom. The van der Waals surface area contributed by atoms with Gasteiger partial charge in [0.2, 0.25) is 0 Å². The van der Waals surface area contributed by atoms with Crippen molar-refractivity contribution in [2.45, 2.75) is 78.6 Å². The van der Waals surface area contributed by atoms with Crippen molar-refractivity contribution >= 4 is 17.3 Å². The lowest BCUT2D eigenvalue weighted by Crippen LogP contribution is -2.28. The SMILES string of the molecule is CCCCC(O)=C(C(=O)c1ccc(OCCCN(CCCC)CCCC)cc1)C1CC(=O)C=CC1=O. The standard InChI is InChI=1S/C30H43NO5/c1-4-7-11-28(34)29(26-22-24(32)14-17-27(26)33)30(35)23-12-15-25(16-13-23)36-21-10-20-31(18-8-5-2)19-9-6-3/h12-17,26,34H,4-11,18-22H2,1-3H3. The number of ether oxygens (including phenoxy) is 1. The molecule has 0 radical (unpaired) electrons. The summed E-state index contributed by atoms with van der Waals surface area (Å²) in [5.41, 5.74) is 0.402. The molecule has 2 rings (SSSR count). The molecule has 198 valence electrons. The zero-order chi connectivity index (χ0) is 26.3. The molecule has 1 unspecified atom stereocenters. The van der Waals surface area contributed by atoms with Gasteiger partial charge in [-0.2, -0.15) is 0 Å². The topological polar surface area (TPSA) is 83.9 Å². The van der Waals surface area contributed by atoms with Gasteiger partial charge in [-0.3, -0.25) is 14.4 Å². The van der Waals surface area contributed by atoms with Gasteiger partial charge < -0.3 is 14.7 Å². The Hall–Kier alpha value is -2.73. The summed E-state index contributed by atoms with van der Waals surface area (Å²) < 4.78 is 5.90. The Bertz CT molecular complexity index is 908. The number of benzene rings is 1. The van der Waals surface area contributed by atoms with Crippen LogP contribution >= 0.6 is 0 Å². The molecule has 0 heterocycles. The lowest BCUT2D eigenvalue weighted by atomic mass is 9.81. The lowest BCUT2D eigenvalue weighted by Gasteiger charge is -2.22. The summed E-state index contributed by atoms with van der Waals surface area (Å²) in [6.07, 6.45) is 9.91. The first-order valence-corrected chi connectivity index (χ1v) is 13.6. The molecule has 1 N–H and O–H groups in total. The van der Waals surface area contributed by atoms with Crippen LogP contribution in [0.15, 0.2) is 47.7 Å². The number of ketones is 3. The molecule has 0 fully saturated rings. The molecular weight excluding hydrogens is 454 g/mol. The van der Waals surface area contributed by atoms with Crippen molar-refractivity contribution in [1.29, 1.82) is 0 Å². The molecule has 0 saturated carbocycles. The molecule has 1 aliphatic rings. The van der Waals surface area contributed by atoms with Crippen molar-refractivity contribution in [3.63, 3.8) is 0 Å². The van der Waals surface area contributed by atoms with Crippen LogP contribution in [0.5, 0.6) is 5.75 Å². The van der Waals surface area contributed by atoms with Crippen LogP contribution in [0.2, 0.25) is 0 Å². The summed E-state index contributed by atoms with van der Waals surface area (Å²) in [4.78, 5) is 40.3. The number of allylic oxidation sites excluding steroid dienone is 4. The van der Waals surface area contributed by atoms with Crippen LogP contribution in [0.1, 0.15) is 88.9 Å². The molecular formula is C30H43NO5. The summed E-state index contributed by atoms with van der Waals surface area (Å²) in [6, 6.07) is 6.80. The van der Waals surface area contributed by atoms with Gasteiger partial charge in [0.25, 0.3) is 0 Å². The first-order valence-electron chi connectivity index (χ1n) is 13.6. The van der Waals surface area contributed by atoms with Gasteiger partial charge in [-0.1, -0.05) is 40.0 Å². The second-order valence-electron chi connectivity index (χ2n) is 9.53. The highest BCUT2D eigenvalue weighted by Crippen LogP contribution is 2.29. The van der Waals surface area contributed by atoms with E-state index in [-0.39, 0.29) is 29.3 Å². The Kier molecular flexibility index (Phi) is 13.2. The minimum Gasteiger partial charge on any atom is -0.512 e. The highest BCUT2D eigenvalue weighted by Gasteiger charge is 2.33. The van der Waals surface area contributed by atoms with Gasteiger partial charge in [-0.05, 0) is 75.2 Å². The quantitative estimate of drug-likeness (QED) is 0.118. The van der Waals surface area contributed by atoms with E-state index in [4.69, 9.17) is 4.74 Å². The Balaban J connectivity index is 2.03. The second-order valence-corrected chi connectivity index (χ2v) is 9.53. The maximum Gasteiger partial charge on any atom is 0.193 e.